The van der Waals surface area contributed by atoms with Gasteiger partial charge in [-0.1, -0.05) is 23.7 Å². The molecule has 6 heteroatoms. The Hall–Kier alpha value is -1.85. The lowest BCUT2D eigenvalue weighted by molar-refractivity contribution is -0.138. The van der Waals surface area contributed by atoms with Crippen molar-refractivity contribution in [3.8, 4) is 0 Å². The van der Waals surface area contributed by atoms with Crippen molar-refractivity contribution in [2.45, 2.75) is 12.5 Å². The first-order valence-corrected chi connectivity index (χ1v) is 7.23. The molecule has 1 amide bonds. The highest BCUT2D eigenvalue weighted by molar-refractivity contribution is 6.30. The normalized spacial score (nSPS) is 18.7. The number of carbonyl (C=O) groups is 1. The van der Waals surface area contributed by atoms with E-state index >= 15 is 0 Å². The van der Waals surface area contributed by atoms with E-state index in [0.717, 1.165) is 11.3 Å². The number of hydrogen-bond acceptors (Lipinski definition) is 3. The van der Waals surface area contributed by atoms with Crippen LogP contribution in [0.2, 0.25) is 5.02 Å². The van der Waals surface area contributed by atoms with Gasteiger partial charge >= 0.3 is 0 Å². The maximum absolute atomic E-state index is 12.3. The summed E-state index contributed by atoms with van der Waals surface area (Å²) in [6.07, 6.45) is 1.86. The van der Waals surface area contributed by atoms with Gasteiger partial charge in [-0.05, 0) is 23.8 Å². The van der Waals surface area contributed by atoms with E-state index in [9.17, 15) is 4.79 Å². The second-order valence-corrected chi connectivity index (χ2v) is 5.45. The van der Waals surface area contributed by atoms with Crippen LogP contribution >= 0.6 is 11.6 Å². The molecule has 1 atom stereocenters. The summed E-state index contributed by atoms with van der Waals surface area (Å²) >= 11 is 6.01. The van der Waals surface area contributed by atoms with E-state index in [2.05, 4.69) is 10.2 Å². The number of nitrogens with zero attached hydrogens (tertiary/aromatic N) is 2. The van der Waals surface area contributed by atoms with Crippen molar-refractivity contribution in [1.29, 1.82) is 0 Å². The Morgan fingerprint density at radius 2 is 2.38 bits per heavy atom. The molecule has 1 aromatic carbocycles. The summed E-state index contributed by atoms with van der Waals surface area (Å²) < 4.78 is 5.76. The van der Waals surface area contributed by atoms with E-state index in [1.54, 1.807) is 6.20 Å². The van der Waals surface area contributed by atoms with Crippen LogP contribution in [0.3, 0.4) is 0 Å². The summed E-state index contributed by atoms with van der Waals surface area (Å²) in [7, 11) is 0. The lowest BCUT2D eigenvalue weighted by Gasteiger charge is -2.33. The first-order chi connectivity index (χ1) is 10.2. The summed E-state index contributed by atoms with van der Waals surface area (Å²) in [5.41, 5.74) is 1.83. The number of nitrogens with one attached hydrogen (secondary N) is 1. The molecule has 1 N–H and O–H groups in total. The number of aromatic nitrogens is 2. The van der Waals surface area contributed by atoms with Crippen LogP contribution in [0.25, 0.3) is 0 Å². The van der Waals surface area contributed by atoms with Crippen molar-refractivity contribution >= 4 is 17.5 Å². The lowest BCUT2D eigenvalue weighted by Crippen LogP contribution is -2.43. The summed E-state index contributed by atoms with van der Waals surface area (Å²) in [5.74, 6) is 0.0783. The Labute approximate surface area is 127 Å². The third-order valence-corrected chi connectivity index (χ3v) is 3.77. The van der Waals surface area contributed by atoms with Gasteiger partial charge in [0.25, 0.3) is 0 Å². The van der Waals surface area contributed by atoms with Crippen LogP contribution in [0, 0.1) is 0 Å². The predicted molar refractivity (Wildman–Crippen MR) is 79.0 cm³/mol. The average molecular weight is 306 g/mol. The maximum atomic E-state index is 12.3. The summed E-state index contributed by atoms with van der Waals surface area (Å²) in [6, 6.07) is 9.39. The number of rotatable bonds is 3. The van der Waals surface area contributed by atoms with E-state index in [0.29, 0.717) is 31.1 Å². The molecular formula is C15H16ClN3O2. The van der Waals surface area contributed by atoms with Gasteiger partial charge in [0.05, 0.1) is 19.6 Å². The van der Waals surface area contributed by atoms with E-state index in [-0.39, 0.29) is 12.0 Å². The molecule has 1 aromatic heterocycles. The zero-order chi connectivity index (χ0) is 14.7. The molecule has 2 aromatic rings. The molecule has 21 heavy (non-hydrogen) atoms. The molecule has 0 aliphatic carbocycles. The minimum atomic E-state index is -0.122. The Balaban J connectivity index is 1.66. The monoisotopic (exact) mass is 305 g/mol. The van der Waals surface area contributed by atoms with E-state index in [4.69, 9.17) is 16.3 Å². The van der Waals surface area contributed by atoms with Gasteiger partial charge in [-0.3, -0.25) is 9.89 Å². The summed E-state index contributed by atoms with van der Waals surface area (Å²) in [5, 5.41) is 7.35. The van der Waals surface area contributed by atoms with Gasteiger partial charge in [0, 0.05) is 23.5 Å². The van der Waals surface area contributed by atoms with Crippen molar-refractivity contribution in [3.63, 3.8) is 0 Å². The molecule has 0 bridgehead atoms. The number of aromatic amines is 1. The quantitative estimate of drug-likeness (QED) is 0.946. The highest BCUT2D eigenvalue weighted by Crippen LogP contribution is 2.24. The second kappa shape index (κ2) is 6.28. The predicted octanol–water partition coefficient (Wildman–Crippen LogP) is 2.21. The molecule has 1 saturated heterocycles. The standard InChI is InChI=1S/C15H16ClN3O2/c16-12-3-1-2-11(8-12)14-10-19(6-7-21-14)15(20)9-13-4-5-17-18-13/h1-5,8,14H,6-7,9-10H2,(H,17,18). The molecule has 3 rings (SSSR count). The highest BCUT2D eigenvalue weighted by Gasteiger charge is 2.25. The van der Waals surface area contributed by atoms with Gasteiger partial charge in [0.2, 0.25) is 5.91 Å². The van der Waals surface area contributed by atoms with Crippen LogP contribution in [-0.4, -0.2) is 40.7 Å². The van der Waals surface area contributed by atoms with Crippen LogP contribution in [-0.2, 0) is 16.0 Å². The minimum absolute atomic E-state index is 0.0783. The maximum Gasteiger partial charge on any atom is 0.228 e. The molecule has 110 valence electrons. The number of morpholine rings is 1. The fourth-order valence-corrected chi connectivity index (χ4v) is 2.64. The number of benzene rings is 1. The van der Waals surface area contributed by atoms with Crippen LogP contribution in [0.15, 0.2) is 36.5 Å². The van der Waals surface area contributed by atoms with Gasteiger partial charge < -0.3 is 9.64 Å². The van der Waals surface area contributed by atoms with E-state index < -0.39 is 0 Å². The average Bonchev–Trinajstić information content (AvgIpc) is 3.00. The van der Waals surface area contributed by atoms with E-state index in [1.807, 2.05) is 35.2 Å². The van der Waals surface area contributed by atoms with Crippen LogP contribution in [0.4, 0.5) is 0 Å². The Morgan fingerprint density at radius 3 is 3.14 bits per heavy atom. The SMILES string of the molecule is O=C(Cc1ccn[nH]1)N1CCOC(c2cccc(Cl)c2)C1. The van der Waals surface area contributed by atoms with Crippen molar-refractivity contribution in [2.75, 3.05) is 19.7 Å². The Morgan fingerprint density at radius 1 is 1.48 bits per heavy atom. The number of halogens is 1. The molecular weight excluding hydrogens is 290 g/mol. The molecule has 1 fully saturated rings. The third-order valence-electron chi connectivity index (χ3n) is 3.54. The van der Waals surface area contributed by atoms with E-state index in [1.165, 1.54) is 0 Å². The molecule has 0 saturated carbocycles. The zero-order valence-electron chi connectivity index (χ0n) is 11.5. The van der Waals surface area contributed by atoms with Gasteiger partial charge in [0.15, 0.2) is 0 Å². The zero-order valence-corrected chi connectivity index (χ0v) is 12.2. The number of ether oxygens (including phenoxy) is 1. The van der Waals surface area contributed by atoms with Crippen molar-refractivity contribution in [3.05, 3.63) is 52.8 Å². The van der Waals surface area contributed by atoms with Gasteiger partial charge in [0.1, 0.15) is 6.10 Å². The van der Waals surface area contributed by atoms with Crippen LogP contribution in [0.5, 0.6) is 0 Å². The molecule has 1 aliphatic rings. The highest BCUT2D eigenvalue weighted by atomic mass is 35.5. The van der Waals surface area contributed by atoms with Crippen molar-refractivity contribution in [1.82, 2.24) is 15.1 Å². The second-order valence-electron chi connectivity index (χ2n) is 5.01. The Kier molecular flexibility index (Phi) is 4.22. The summed E-state index contributed by atoms with van der Waals surface area (Å²) in [6.45, 7) is 1.70. The van der Waals surface area contributed by atoms with Crippen molar-refractivity contribution < 1.29 is 9.53 Å². The fraction of sp³-hybridized carbons (Fsp3) is 0.333. The smallest absolute Gasteiger partial charge is 0.228 e. The molecule has 0 spiro atoms. The molecule has 5 nitrogen and oxygen atoms in total. The fourth-order valence-electron chi connectivity index (χ4n) is 2.44. The first kappa shape index (κ1) is 14.1. The number of carbonyl (C=O) groups excluding carboxylic acids is 1. The van der Waals surface area contributed by atoms with Gasteiger partial charge in [-0.2, -0.15) is 5.10 Å². The number of amides is 1. The number of H-pyrrole nitrogens is 1. The Bertz CT molecular complexity index is 615. The number of hydrogen-bond donors (Lipinski definition) is 1. The van der Waals surface area contributed by atoms with Gasteiger partial charge in [-0.15, -0.1) is 0 Å². The third kappa shape index (κ3) is 3.43. The molecule has 1 unspecified atom stereocenters. The topological polar surface area (TPSA) is 58.2 Å². The van der Waals surface area contributed by atoms with Gasteiger partial charge in [-0.25, -0.2) is 0 Å². The minimum Gasteiger partial charge on any atom is -0.370 e. The van der Waals surface area contributed by atoms with Crippen molar-refractivity contribution in [2.24, 2.45) is 0 Å². The summed E-state index contributed by atoms with van der Waals surface area (Å²) in [4.78, 5) is 14.1. The molecule has 2 heterocycles. The lowest BCUT2D eigenvalue weighted by atomic mass is 10.1. The largest absolute Gasteiger partial charge is 0.370 e. The van der Waals surface area contributed by atoms with Crippen LogP contribution < -0.4 is 0 Å². The first-order valence-electron chi connectivity index (χ1n) is 6.85. The molecule has 1 aliphatic heterocycles. The van der Waals surface area contributed by atoms with Crippen LogP contribution in [0.1, 0.15) is 17.4 Å². The molecule has 0 radical (unpaired) electrons.